The fraction of sp³-hybridized carbons (Fsp3) is 0.500. The molecule has 18 heavy (non-hydrogen) atoms. The summed E-state index contributed by atoms with van der Waals surface area (Å²) < 4.78 is 5.35. The lowest BCUT2D eigenvalue weighted by molar-refractivity contribution is -0.146. The van der Waals surface area contributed by atoms with Crippen LogP contribution < -0.4 is 9.64 Å². The lowest BCUT2D eigenvalue weighted by Crippen LogP contribution is -2.31. The highest BCUT2D eigenvalue weighted by molar-refractivity contribution is 5.77. The third-order valence-electron chi connectivity index (χ3n) is 3.66. The molecule has 0 aromatic heterocycles. The van der Waals surface area contributed by atoms with Crippen LogP contribution in [0.2, 0.25) is 0 Å². The number of nitrogens with zero attached hydrogens (tertiary/aromatic N) is 1. The summed E-state index contributed by atoms with van der Waals surface area (Å²) in [5, 5.41) is 9.26. The van der Waals surface area contributed by atoms with E-state index in [0.29, 0.717) is 13.0 Å². The van der Waals surface area contributed by atoms with Gasteiger partial charge >= 0.3 is 5.97 Å². The largest absolute Gasteiger partial charge is 0.495 e. The van der Waals surface area contributed by atoms with Gasteiger partial charge in [-0.15, -0.1) is 0 Å². The minimum absolute atomic E-state index is 0.530. The van der Waals surface area contributed by atoms with Crippen LogP contribution in [0.25, 0.3) is 0 Å². The molecular formula is C14H19NO3. The molecule has 1 fully saturated rings. The van der Waals surface area contributed by atoms with Gasteiger partial charge in [-0.25, -0.2) is 0 Å². The fourth-order valence-electron chi connectivity index (χ4n) is 2.39. The number of hydrogen-bond acceptors (Lipinski definition) is 3. The molecule has 1 aromatic rings. The Morgan fingerprint density at radius 3 is 2.78 bits per heavy atom. The van der Waals surface area contributed by atoms with E-state index in [2.05, 4.69) is 4.90 Å². The minimum atomic E-state index is -0.725. The van der Waals surface area contributed by atoms with Crippen molar-refractivity contribution in [3.05, 3.63) is 23.8 Å². The van der Waals surface area contributed by atoms with E-state index in [1.54, 1.807) is 14.0 Å². The maximum atomic E-state index is 11.3. The Bertz CT molecular complexity index is 472. The second kappa shape index (κ2) is 4.52. The molecule has 1 saturated heterocycles. The van der Waals surface area contributed by atoms with E-state index in [1.165, 1.54) is 0 Å². The van der Waals surface area contributed by atoms with Gasteiger partial charge in [-0.2, -0.15) is 0 Å². The van der Waals surface area contributed by atoms with Crippen LogP contribution >= 0.6 is 0 Å². The molecule has 1 N–H and O–H groups in total. The lowest BCUT2D eigenvalue weighted by atomic mass is 9.90. The quantitative estimate of drug-likeness (QED) is 0.893. The number of aliphatic carboxylic acids is 1. The van der Waals surface area contributed by atoms with E-state index >= 15 is 0 Å². The summed E-state index contributed by atoms with van der Waals surface area (Å²) in [5.74, 6) is 0.0758. The predicted octanol–water partition coefficient (Wildman–Crippen LogP) is 2.30. The molecule has 1 unspecified atom stereocenters. The van der Waals surface area contributed by atoms with Crippen LogP contribution in [0.5, 0.6) is 5.75 Å². The molecule has 98 valence electrons. The zero-order valence-corrected chi connectivity index (χ0v) is 11.1. The van der Waals surface area contributed by atoms with E-state index in [4.69, 9.17) is 4.74 Å². The summed E-state index contributed by atoms with van der Waals surface area (Å²) in [5.41, 5.74) is 1.48. The van der Waals surface area contributed by atoms with E-state index in [0.717, 1.165) is 23.5 Å². The molecule has 1 atom stereocenters. The van der Waals surface area contributed by atoms with Crippen LogP contribution in [0.3, 0.4) is 0 Å². The maximum Gasteiger partial charge on any atom is 0.311 e. The van der Waals surface area contributed by atoms with Crippen molar-refractivity contribution in [3.63, 3.8) is 0 Å². The van der Waals surface area contributed by atoms with Crippen molar-refractivity contribution in [2.45, 2.75) is 20.3 Å². The summed E-state index contributed by atoms with van der Waals surface area (Å²) in [4.78, 5) is 13.4. The first-order valence-corrected chi connectivity index (χ1v) is 6.09. The van der Waals surface area contributed by atoms with Gasteiger partial charge in [0.1, 0.15) is 5.75 Å². The van der Waals surface area contributed by atoms with Crippen LogP contribution in [0.15, 0.2) is 18.2 Å². The molecule has 0 spiro atoms. The normalized spacial score (nSPS) is 23.2. The molecule has 1 aliphatic heterocycles. The summed E-state index contributed by atoms with van der Waals surface area (Å²) in [7, 11) is 1.64. The Morgan fingerprint density at radius 2 is 2.22 bits per heavy atom. The third kappa shape index (κ3) is 2.15. The standard InChI is InChI=1S/C14H19NO3/c1-10-4-5-12(18-3)11(8-10)15-7-6-14(2,9-15)13(16)17/h4-5,8H,6-7,9H2,1-3H3,(H,16,17). The molecule has 0 radical (unpaired) electrons. The number of anilines is 1. The Kier molecular flexibility index (Phi) is 3.20. The molecular weight excluding hydrogens is 230 g/mol. The van der Waals surface area contributed by atoms with E-state index in [9.17, 15) is 9.90 Å². The molecule has 0 aliphatic carbocycles. The predicted molar refractivity (Wildman–Crippen MR) is 70.3 cm³/mol. The van der Waals surface area contributed by atoms with Crippen molar-refractivity contribution in [2.75, 3.05) is 25.1 Å². The highest BCUT2D eigenvalue weighted by Crippen LogP contribution is 2.37. The van der Waals surface area contributed by atoms with Crippen LogP contribution in [-0.4, -0.2) is 31.3 Å². The van der Waals surface area contributed by atoms with E-state index in [-0.39, 0.29) is 0 Å². The summed E-state index contributed by atoms with van der Waals surface area (Å²) in [6.07, 6.45) is 0.666. The van der Waals surface area contributed by atoms with Gasteiger partial charge in [0, 0.05) is 13.1 Å². The molecule has 0 bridgehead atoms. The zero-order chi connectivity index (χ0) is 13.3. The van der Waals surface area contributed by atoms with Gasteiger partial charge in [0.25, 0.3) is 0 Å². The highest BCUT2D eigenvalue weighted by Gasteiger charge is 2.41. The first-order chi connectivity index (χ1) is 8.46. The van der Waals surface area contributed by atoms with Crippen molar-refractivity contribution in [1.29, 1.82) is 0 Å². The number of carboxylic acid groups (broad SMARTS) is 1. The molecule has 1 aromatic carbocycles. The average Bonchev–Trinajstić information content (AvgIpc) is 2.73. The average molecular weight is 249 g/mol. The second-order valence-corrected chi connectivity index (χ2v) is 5.21. The number of carboxylic acids is 1. The lowest BCUT2D eigenvalue weighted by Gasteiger charge is -2.23. The number of hydrogen-bond donors (Lipinski definition) is 1. The SMILES string of the molecule is COc1ccc(C)cc1N1CCC(C)(C(=O)O)C1. The number of rotatable bonds is 3. The van der Waals surface area contributed by atoms with Gasteiger partial charge < -0.3 is 14.7 Å². The van der Waals surface area contributed by atoms with Crippen LogP contribution in [0, 0.1) is 12.3 Å². The number of methoxy groups -OCH3 is 1. The molecule has 0 saturated carbocycles. The Balaban J connectivity index is 2.29. The van der Waals surface area contributed by atoms with Crippen molar-refractivity contribution < 1.29 is 14.6 Å². The number of ether oxygens (including phenoxy) is 1. The van der Waals surface area contributed by atoms with Crippen molar-refractivity contribution in [1.82, 2.24) is 0 Å². The highest BCUT2D eigenvalue weighted by atomic mass is 16.5. The summed E-state index contributed by atoms with van der Waals surface area (Å²) >= 11 is 0. The Morgan fingerprint density at radius 1 is 1.50 bits per heavy atom. The van der Waals surface area contributed by atoms with Gasteiger partial charge in [-0.1, -0.05) is 6.07 Å². The monoisotopic (exact) mass is 249 g/mol. The maximum absolute atomic E-state index is 11.3. The van der Waals surface area contributed by atoms with Gasteiger partial charge in [0.05, 0.1) is 18.2 Å². The number of aryl methyl sites for hydroxylation is 1. The van der Waals surface area contributed by atoms with Crippen LogP contribution in [-0.2, 0) is 4.79 Å². The van der Waals surface area contributed by atoms with Crippen molar-refractivity contribution in [3.8, 4) is 5.75 Å². The molecule has 1 heterocycles. The smallest absolute Gasteiger partial charge is 0.311 e. The van der Waals surface area contributed by atoms with Gasteiger partial charge in [-0.05, 0) is 38.0 Å². The molecule has 4 nitrogen and oxygen atoms in total. The summed E-state index contributed by atoms with van der Waals surface area (Å²) in [6.45, 7) is 5.11. The molecule has 4 heteroatoms. The van der Waals surface area contributed by atoms with Gasteiger partial charge in [0.2, 0.25) is 0 Å². The number of carbonyl (C=O) groups is 1. The second-order valence-electron chi connectivity index (χ2n) is 5.21. The fourth-order valence-corrected chi connectivity index (χ4v) is 2.39. The third-order valence-corrected chi connectivity index (χ3v) is 3.66. The summed E-state index contributed by atoms with van der Waals surface area (Å²) in [6, 6.07) is 5.97. The topological polar surface area (TPSA) is 49.8 Å². The molecule has 1 aliphatic rings. The van der Waals surface area contributed by atoms with Gasteiger partial charge in [0.15, 0.2) is 0 Å². The van der Waals surface area contributed by atoms with E-state index < -0.39 is 11.4 Å². The van der Waals surface area contributed by atoms with E-state index in [1.807, 2.05) is 25.1 Å². The zero-order valence-electron chi connectivity index (χ0n) is 11.1. The van der Waals surface area contributed by atoms with Crippen LogP contribution in [0.4, 0.5) is 5.69 Å². The molecule has 2 rings (SSSR count). The molecule has 0 amide bonds. The Labute approximate surface area is 107 Å². The number of benzene rings is 1. The van der Waals surface area contributed by atoms with Crippen molar-refractivity contribution >= 4 is 11.7 Å². The van der Waals surface area contributed by atoms with Crippen LogP contribution in [0.1, 0.15) is 18.9 Å². The van der Waals surface area contributed by atoms with Gasteiger partial charge in [-0.3, -0.25) is 4.79 Å². The van der Waals surface area contributed by atoms with Crippen molar-refractivity contribution in [2.24, 2.45) is 5.41 Å². The minimum Gasteiger partial charge on any atom is -0.495 e. The Hall–Kier alpha value is -1.71. The first kappa shape index (κ1) is 12.7. The first-order valence-electron chi connectivity index (χ1n) is 6.09.